The Labute approximate surface area is 113 Å². The molecule has 0 unspecified atom stereocenters. The van der Waals surface area contributed by atoms with Crippen LogP contribution in [-0.2, 0) is 0 Å². The Kier molecular flexibility index (Phi) is 4.06. The summed E-state index contributed by atoms with van der Waals surface area (Å²) in [4.78, 5) is 18.3. The van der Waals surface area contributed by atoms with E-state index in [0.717, 1.165) is 11.8 Å². The third kappa shape index (κ3) is 3.25. The Morgan fingerprint density at radius 2 is 2.32 bits per heavy atom. The molecule has 1 aromatic heterocycles. The first kappa shape index (κ1) is 13.4. The fourth-order valence-corrected chi connectivity index (χ4v) is 2.23. The minimum Gasteiger partial charge on any atom is -0.491 e. The summed E-state index contributed by atoms with van der Waals surface area (Å²) in [5, 5.41) is 0.383. The molecular weight excluding hydrogens is 269 g/mol. The van der Waals surface area contributed by atoms with E-state index in [-0.39, 0.29) is 17.0 Å². The predicted octanol–water partition coefficient (Wildman–Crippen LogP) is 2.04. The fraction of sp³-hybridized carbons (Fsp3) is 0.167. The highest BCUT2D eigenvalue weighted by Crippen LogP contribution is 2.34. The van der Waals surface area contributed by atoms with Crippen LogP contribution in [-0.4, -0.2) is 16.6 Å². The van der Waals surface area contributed by atoms with E-state index < -0.39 is 5.82 Å². The molecule has 0 bridgehead atoms. The van der Waals surface area contributed by atoms with Crippen LogP contribution in [0.3, 0.4) is 0 Å². The zero-order chi connectivity index (χ0) is 13.8. The van der Waals surface area contributed by atoms with Crippen molar-refractivity contribution in [1.29, 1.82) is 0 Å². The van der Waals surface area contributed by atoms with Crippen molar-refractivity contribution in [1.82, 2.24) is 9.97 Å². The largest absolute Gasteiger partial charge is 0.491 e. The lowest BCUT2D eigenvalue weighted by Gasteiger charge is -2.09. The topological polar surface area (TPSA) is 81.0 Å². The van der Waals surface area contributed by atoms with Crippen LogP contribution in [0.4, 0.5) is 10.1 Å². The lowest BCUT2D eigenvalue weighted by molar-refractivity contribution is 0.321. The summed E-state index contributed by atoms with van der Waals surface area (Å²) in [7, 11) is 0. The van der Waals surface area contributed by atoms with E-state index in [1.54, 1.807) is 6.92 Å². The van der Waals surface area contributed by atoms with Crippen LogP contribution in [0.2, 0.25) is 0 Å². The molecule has 0 aliphatic rings. The molecule has 0 aliphatic heterocycles. The number of aromatic amines is 1. The Hall–Kier alpha value is -2.02. The summed E-state index contributed by atoms with van der Waals surface area (Å²) in [5.41, 5.74) is 5.74. The number of nitrogens with one attached hydrogen (secondary N) is 1. The summed E-state index contributed by atoms with van der Waals surface area (Å²) < 4.78 is 18.7. The predicted molar refractivity (Wildman–Crippen MR) is 71.0 cm³/mol. The van der Waals surface area contributed by atoms with Crippen LogP contribution in [0, 0.1) is 5.82 Å². The van der Waals surface area contributed by atoms with E-state index >= 15 is 0 Å². The van der Waals surface area contributed by atoms with Gasteiger partial charge >= 0.3 is 0 Å². The standard InChI is InChI=1S/C12H12FN3O2S/c1-2-18-9-6-10(8(14)5-7(9)13)19-12-15-4-3-11(17)16-12/h3-6H,2,14H2,1H3,(H,15,16,17). The molecule has 0 aliphatic carbocycles. The lowest BCUT2D eigenvalue weighted by Crippen LogP contribution is -2.05. The van der Waals surface area contributed by atoms with Gasteiger partial charge in [-0.15, -0.1) is 0 Å². The third-order valence-electron chi connectivity index (χ3n) is 2.22. The molecular formula is C12H12FN3O2S. The molecule has 0 radical (unpaired) electrons. The van der Waals surface area contributed by atoms with Crippen LogP contribution < -0.4 is 16.0 Å². The smallest absolute Gasteiger partial charge is 0.251 e. The summed E-state index contributed by atoms with van der Waals surface area (Å²) in [6.45, 7) is 2.12. The van der Waals surface area contributed by atoms with Gasteiger partial charge in [0.2, 0.25) is 0 Å². The second-order valence-electron chi connectivity index (χ2n) is 3.59. The number of H-pyrrole nitrogens is 1. The van der Waals surface area contributed by atoms with Crippen molar-refractivity contribution in [2.75, 3.05) is 12.3 Å². The van der Waals surface area contributed by atoms with Crippen molar-refractivity contribution >= 4 is 17.4 Å². The van der Waals surface area contributed by atoms with E-state index in [4.69, 9.17) is 10.5 Å². The fourth-order valence-electron chi connectivity index (χ4n) is 1.41. The van der Waals surface area contributed by atoms with Crippen molar-refractivity contribution in [3.63, 3.8) is 0 Å². The third-order valence-corrected chi connectivity index (χ3v) is 3.19. The van der Waals surface area contributed by atoms with Gasteiger partial charge in [-0.25, -0.2) is 9.37 Å². The van der Waals surface area contributed by atoms with Crippen LogP contribution in [0.1, 0.15) is 6.92 Å². The quantitative estimate of drug-likeness (QED) is 0.662. The number of rotatable bonds is 4. The van der Waals surface area contributed by atoms with Crippen LogP contribution in [0.5, 0.6) is 5.75 Å². The number of anilines is 1. The number of hydrogen-bond acceptors (Lipinski definition) is 5. The number of nitrogens with zero attached hydrogens (tertiary/aromatic N) is 1. The van der Waals surface area contributed by atoms with Crippen LogP contribution in [0.15, 0.2) is 39.2 Å². The average Bonchev–Trinajstić information content (AvgIpc) is 2.35. The summed E-state index contributed by atoms with van der Waals surface area (Å²) >= 11 is 1.14. The molecule has 0 fully saturated rings. The molecule has 0 saturated heterocycles. The van der Waals surface area contributed by atoms with Gasteiger partial charge in [0.1, 0.15) is 0 Å². The molecule has 100 valence electrons. The summed E-state index contributed by atoms with van der Waals surface area (Å²) in [6.07, 6.45) is 1.39. The van der Waals surface area contributed by atoms with Gasteiger partial charge in [0.25, 0.3) is 5.56 Å². The lowest BCUT2D eigenvalue weighted by atomic mass is 10.3. The van der Waals surface area contributed by atoms with E-state index in [1.807, 2.05) is 0 Å². The number of hydrogen-bond donors (Lipinski definition) is 2. The number of nitrogen functional groups attached to an aromatic ring is 1. The molecule has 2 aromatic rings. The Balaban J connectivity index is 2.34. The molecule has 0 amide bonds. The van der Waals surface area contributed by atoms with Gasteiger partial charge in [0.05, 0.1) is 6.61 Å². The van der Waals surface area contributed by atoms with Crippen molar-refractivity contribution < 1.29 is 9.13 Å². The first-order valence-corrected chi connectivity index (χ1v) is 6.36. The molecule has 1 aromatic carbocycles. The number of aromatic nitrogens is 2. The van der Waals surface area contributed by atoms with Gasteiger partial charge < -0.3 is 15.5 Å². The minimum atomic E-state index is -0.516. The summed E-state index contributed by atoms with van der Waals surface area (Å²) in [5.74, 6) is -0.393. The first-order valence-electron chi connectivity index (χ1n) is 5.55. The SMILES string of the molecule is CCOc1cc(Sc2nccc(=O)[nH]2)c(N)cc1F. The number of nitrogens with two attached hydrogens (primary N) is 1. The van der Waals surface area contributed by atoms with Crippen LogP contribution in [0.25, 0.3) is 0 Å². The van der Waals surface area contributed by atoms with E-state index in [2.05, 4.69) is 9.97 Å². The maximum absolute atomic E-state index is 13.5. The summed E-state index contributed by atoms with van der Waals surface area (Å²) in [6, 6.07) is 3.99. The van der Waals surface area contributed by atoms with Crippen molar-refractivity contribution in [3.05, 3.63) is 40.6 Å². The molecule has 5 nitrogen and oxygen atoms in total. The highest BCUT2D eigenvalue weighted by atomic mass is 32.2. The van der Waals surface area contributed by atoms with Crippen molar-refractivity contribution in [2.24, 2.45) is 0 Å². The monoisotopic (exact) mass is 281 g/mol. The van der Waals surface area contributed by atoms with Gasteiger partial charge in [-0.3, -0.25) is 4.79 Å². The van der Waals surface area contributed by atoms with E-state index in [9.17, 15) is 9.18 Å². The van der Waals surface area contributed by atoms with Crippen molar-refractivity contribution in [2.45, 2.75) is 17.0 Å². The Morgan fingerprint density at radius 1 is 1.53 bits per heavy atom. The molecule has 3 N–H and O–H groups in total. The van der Waals surface area contributed by atoms with Gasteiger partial charge in [0, 0.05) is 28.9 Å². The zero-order valence-electron chi connectivity index (χ0n) is 10.1. The van der Waals surface area contributed by atoms with Gasteiger partial charge in [0.15, 0.2) is 16.7 Å². The molecule has 0 spiro atoms. The molecule has 1 heterocycles. The first-order chi connectivity index (χ1) is 9.10. The highest BCUT2D eigenvalue weighted by Gasteiger charge is 2.11. The maximum atomic E-state index is 13.5. The van der Waals surface area contributed by atoms with E-state index in [0.29, 0.717) is 16.7 Å². The van der Waals surface area contributed by atoms with E-state index in [1.165, 1.54) is 24.4 Å². The zero-order valence-corrected chi connectivity index (χ0v) is 11.0. The average molecular weight is 281 g/mol. The highest BCUT2D eigenvalue weighted by molar-refractivity contribution is 7.99. The van der Waals surface area contributed by atoms with Gasteiger partial charge in [-0.05, 0) is 24.8 Å². The normalized spacial score (nSPS) is 10.4. The second-order valence-corrected chi connectivity index (χ2v) is 4.63. The molecule has 0 saturated carbocycles. The number of ether oxygens (including phenoxy) is 1. The Bertz CT molecular complexity index is 645. The van der Waals surface area contributed by atoms with Crippen LogP contribution >= 0.6 is 11.8 Å². The molecule has 2 rings (SSSR count). The number of halogens is 1. The molecule has 0 atom stereocenters. The van der Waals surface area contributed by atoms with Gasteiger partial charge in [-0.2, -0.15) is 0 Å². The second kappa shape index (κ2) is 5.75. The Morgan fingerprint density at radius 3 is 3.00 bits per heavy atom. The molecule has 19 heavy (non-hydrogen) atoms. The number of benzene rings is 1. The maximum Gasteiger partial charge on any atom is 0.251 e. The van der Waals surface area contributed by atoms with Crippen molar-refractivity contribution in [3.8, 4) is 5.75 Å². The van der Waals surface area contributed by atoms with Gasteiger partial charge in [-0.1, -0.05) is 0 Å². The minimum absolute atomic E-state index is 0.123. The molecule has 7 heteroatoms.